The maximum atomic E-state index is 11.5. The van der Waals surface area contributed by atoms with E-state index in [0.29, 0.717) is 35.2 Å². The zero-order valence-corrected chi connectivity index (χ0v) is 18.0. The predicted molar refractivity (Wildman–Crippen MR) is 112 cm³/mol. The molecule has 0 atom stereocenters. The van der Waals surface area contributed by atoms with E-state index in [9.17, 15) is 9.59 Å². The van der Waals surface area contributed by atoms with Crippen molar-refractivity contribution in [2.24, 2.45) is 0 Å². The first-order valence-corrected chi connectivity index (χ1v) is 11.1. The molecule has 3 rings (SSSR count). The average molecular weight is 449 g/mol. The molecule has 0 aliphatic rings. The Morgan fingerprint density at radius 1 is 0.867 bits per heavy atom. The topological polar surface area (TPSA) is 136 Å². The number of rotatable bonds is 10. The Morgan fingerprint density at radius 3 is 1.77 bits per heavy atom. The van der Waals surface area contributed by atoms with E-state index in [-0.39, 0.29) is 23.4 Å². The molecule has 0 saturated heterocycles. The predicted octanol–water partition coefficient (Wildman–Crippen LogP) is 2.57. The van der Waals surface area contributed by atoms with E-state index in [1.165, 1.54) is 23.5 Å². The summed E-state index contributed by atoms with van der Waals surface area (Å²) in [5.41, 5.74) is 1.61. The normalized spacial score (nSPS) is 10.7. The van der Waals surface area contributed by atoms with Crippen molar-refractivity contribution in [1.82, 2.24) is 30.4 Å². The summed E-state index contributed by atoms with van der Waals surface area (Å²) in [5.74, 6) is 0.820. The molecule has 0 aliphatic carbocycles. The number of hydrogen-bond donors (Lipinski definition) is 2. The van der Waals surface area contributed by atoms with Gasteiger partial charge in [-0.15, -0.1) is 10.2 Å². The van der Waals surface area contributed by atoms with Gasteiger partial charge in [0.15, 0.2) is 11.6 Å². The molecule has 2 aromatic heterocycles. The molecule has 12 heteroatoms. The molecule has 0 fully saturated rings. The molecule has 2 N–H and O–H groups in total. The third-order valence-corrected chi connectivity index (χ3v) is 5.23. The van der Waals surface area contributed by atoms with Gasteiger partial charge in [-0.3, -0.25) is 19.8 Å². The molecule has 0 bridgehead atoms. The Bertz CT molecular complexity index is 930. The maximum absolute atomic E-state index is 11.5. The van der Waals surface area contributed by atoms with E-state index >= 15 is 0 Å². The van der Waals surface area contributed by atoms with Crippen molar-refractivity contribution in [2.75, 3.05) is 24.7 Å². The molecule has 3 aromatic rings. The van der Waals surface area contributed by atoms with Crippen LogP contribution in [0.25, 0.3) is 22.8 Å². The van der Waals surface area contributed by atoms with Crippen LogP contribution >= 0.6 is 23.5 Å². The summed E-state index contributed by atoms with van der Waals surface area (Å²) in [6.07, 6.45) is 0. The minimum atomic E-state index is -0.308. The standard InChI is InChI=1S/C18H20N6O4S2/c1-3-27-13(25)9-29-17-19-15(21-23-17)11-6-5-7-12(8-11)16-20-18(24-22-16)30-10-14(26)28-4-2/h5-8H,3-4,9-10H2,1-2H3,(H,19,21,23)(H,20,22,24). The summed E-state index contributed by atoms with van der Waals surface area (Å²) in [4.78, 5) is 31.7. The highest BCUT2D eigenvalue weighted by Crippen LogP contribution is 2.25. The number of carbonyl (C=O) groups is 2. The van der Waals surface area contributed by atoms with Crippen molar-refractivity contribution in [3.8, 4) is 22.8 Å². The van der Waals surface area contributed by atoms with Crippen LogP contribution < -0.4 is 0 Å². The molecular formula is C18H20N6O4S2. The molecule has 1 aromatic carbocycles. The van der Waals surface area contributed by atoms with Crippen molar-refractivity contribution in [1.29, 1.82) is 0 Å². The van der Waals surface area contributed by atoms with Gasteiger partial charge in [0.1, 0.15) is 0 Å². The van der Waals surface area contributed by atoms with Gasteiger partial charge in [-0.1, -0.05) is 41.7 Å². The summed E-state index contributed by atoms with van der Waals surface area (Å²) in [6, 6.07) is 7.53. The van der Waals surface area contributed by atoms with Crippen molar-refractivity contribution < 1.29 is 19.1 Å². The summed E-state index contributed by atoms with van der Waals surface area (Å²) in [5, 5.41) is 14.9. The van der Waals surface area contributed by atoms with Crippen LogP contribution in [0.3, 0.4) is 0 Å². The van der Waals surface area contributed by atoms with Gasteiger partial charge in [-0.05, 0) is 19.9 Å². The van der Waals surface area contributed by atoms with Gasteiger partial charge >= 0.3 is 11.9 Å². The lowest BCUT2D eigenvalue weighted by molar-refractivity contribution is -0.140. The number of esters is 2. The highest BCUT2D eigenvalue weighted by molar-refractivity contribution is 8.00. The summed E-state index contributed by atoms with van der Waals surface area (Å²) >= 11 is 2.40. The summed E-state index contributed by atoms with van der Waals surface area (Å²) in [7, 11) is 0. The molecule has 0 amide bonds. The number of nitrogens with zero attached hydrogens (tertiary/aromatic N) is 4. The zero-order chi connectivity index (χ0) is 21.3. The van der Waals surface area contributed by atoms with Gasteiger partial charge in [0, 0.05) is 11.1 Å². The van der Waals surface area contributed by atoms with Crippen LogP contribution in [0.5, 0.6) is 0 Å². The number of H-pyrrole nitrogens is 2. The Kier molecular flexibility index (Phi) is 7.85. The second-order valence-electron chi connectivity index (χ2n) is 5.70. The zero-order valence-electron chi connectivity index (χ0n) is 16.4. The van der Waals surface area contributed by atoms with E-state index in [4.69, 9.17) is 9.47 Å². The molecule has 158 valence electrons. The molecular weight excluding hydrogens is 428 g/mol. The van der Waals surface area contributed by atoms with Crippen molar-refractivity contribution in [2.45, 2.75) is 24.2 Å². The van der Waals surface area contributed by atoms with Crippen molar-refractivity contribution >= 4 is 35.5 Å². The van der Waals surface area contributed by atoms with Crippen LogP contribution in [-0.4, -0.2) is 67.0 Å². The van der Waals surface area contributed by atoms with Crippen LogP contribution in [0, 0.1) is 0 Å². The third-order valence-electron chi connectivity index (χ3n) is 3.59. The average Bonchev–Trinajstić information content (AvgIpc) is 3.41. The van der Waals surface area contributed by atoms with Crippen LogP contribution in [0.15, 0.2) is 34.6 Å². The second kappa shape index (κ2) is 10.8. The third kappa shape index (κ3) is 6.07. The quantitative estimate of drug-likeness (QED) is 0.352. The number of carbonyl (C=O) groups excluding carboxylic acids is 2. The van der Waals surface area contributed by atoms with Crippen LogP contribution in [0.2, 0.25) is 0 Å². The highest BCUT2D eigenvalue weighted by Gasteiger charge is 2.13. The number of aromatic amines is 2. The smallest absolute Gasteiger partial charge is 0.316 e. The Balaban J connectivity index is 1.65. The minimum absolute atomic E-state index is 0.148. The van der Waals surface area contributed by atoms with Crippen molar-refractivity contribution in [3.05, 3.63) is 24.3 Å². The van der Waals surface area contributed by atoms with E-state index in [1.54, 1.807) is 13.8 Å². The maximum Gasteiger partial charge on any atom is 0.316 e. The molecule has 2 heterocycles. The van der Waals surface area contributed by atoms with Gasteiger partial charge < -0.3 is 9.47 Å². The van der Waals surface area contributed by atoms with E-state index in [1.807, 2.05) is 24.3 Å². The molecule has 30 heavy (non-hydrogen) atoms. The fraction of sp³-hybridized carbons (Fsp3) is 0.333. The van der Waals surface area contributed by atoms with E-state index in [2.05, 4.69) is 30.4 Å². The Labute approximate surface area is 180 Å². The second-order valence-corrected chi connectivity index (χ2v) is 7.59. The molecule has 0 saturated carbocycles. The Hall–Kier alpha value is -2.86. The van der Waals surface area contributed by atoms with Crippen LogP contribution in [-0.2, 0) is 19.1 Å². The van der Waals surface area contributed by atoms with Gasteiger partial charge in [-0.25, -0.2) is 9.97 Å². The lowest BCUT2D eigenvalue weighted by Crippen LogP contribution is -2.06. The minimum Gasteiger partial charge on any atom is -0.465 e. The van der Waals surface area contributed by atoms with Gasteiger partial charge in [0.25, 0.3) is 0 Å². The molecule has 0 radical (unpaired) electrons. The number of aromatic nitrogens is 6. The number of benzene rings is 1. The lowest BCUT2D eigenvalue weighted by Gasteiger charge is -2.00. The SMILES string of the molecule is CCOC(=O)CSc1n[nH]c(-c2cccc(-c3nc(SCC(=O)OCC)n[nH]3)c2)n1. The van der Waals surface area contributed by atoms with E-state index in [0.717, 1.165) is 11.1 Å². The largest absolute Gasteiger partial charge is 0.465 e. The number of hydrogen-bond acceptors (Lipinski definition) is 10. The molecule has 10 nitrogen and oxygen atoms in total. The van der Waals surface area contributed by atoms with Gasteiger partial charge in [-0.2, -0.15) is 0 Å². The lowest BCUT2D eigenvalue weighted by atomic mass is 10.1. The summed E-state index contributed by atoms with van der Waals surface area (Å²) in [6.45, 7) is 4.21. The fourth-order valence-electron chi connectivity index (χ4n) is 2.35. The van der Waals surface area contributed by atoms with Gasteiger partial charge in [0.2, 0.25) is 10.3 Å². The Morgan fingerprint density at radius 2 is 1.33 bits per heavy atom. The first-order chi connectivity index (χ1) is 14.6. The fourth-order valence-corrected chi connectivity index (χ4v) is 3.54. The van der Waals surface area contributed by atoms with Crippen LogP contribution in [0.4, 0.5) is 0 Å². The monoisotopic (exact) mass is 448 g/mol. The summed E-state index contributed by atoms with van der Waals surface area (Å²) < 4.78 is 9.79. The first-order valence-electron chi connectivity index (χ1n) is 9.11. The highest BCUT2D eigenvalue weighted by atomic mass is 32.2. The molecule has 0 unspecified atom stereocenters. The first kappa shape index (κ1) is 21.8. The number of ether oxygens (including phenoxy) is 2. The molecule has 0 spiro atoms. The number of nitrogens with one attached hydrogen (secondary N) is 2. The van der Waals surface area contributed by atoms with Crippen LogP contribution in [0.1, 0.15) is 13.8 Å². The van der Waals surface area contributed by atoms with E-state index < -0.39 is 0 Å². The van der Waals surface area contributed by atoms with Crippen molar-refractivity contribution in [3.63, 3.8) is 0 Å². The molecule has 0 aliphatic heterocycles. The van der Waals surface area contributed by atoms with Gasteiger partial charge in [0.05, 0.1) is 24.7 Å². The number of thioether (sulfide) groups is 2.